The Morgan fingerprint density at radius 1 is 1.00 bits per heavy atom. The molecule has 1 aliphatic heterocycles. The zero-order valence-electron chi connectivity index (χ0n) is 12.1. The van der Waals surface area contributed by atoms with Gasteiger partial charge in [-0.05, 0) is 31.2 Å². The van der Waals surface area contributed by atoms with Crippen molar-refractivity contribution in [1.82, 2.24) is 4.98 Å². The number of aryl methyl sites for hydroxylation is 1. The van der Waals surface area contributed by atoms with E-state index in [0.717, 1.165) is 37.7 Å². The normalized spacial score (nSPS) is 15.3. The summed E-state index contributed by atoms with van der Waals surface area (Å²) in [6.45, 7) is 5.05. The number of anilines is 3. The molecule has 0 saturated carbocycles. The van der Waals surface area contributed by atoms with Crippen LogP contribution in [0.5, 0.6) is 0 Å². The molecule has 0 radical (unpaired) electrons. The van der Waals surface area contributed by atoms with E-state index in [1.54, 1.807) is 6.07 Å². The second kappa shape index (κ2) is 5.60. The number of rotatable bonds is 2. The lowest BCUT2D eigenvalue weighted by atomic mass is 10.2. The van der Waals surface area contributed by atoms with Crippen molar-refractivity contribution >= 4 is 17.2 Å². The van der Waals surface area contributed by atoms with Gasteiger partial charge < -0.3 is 15.5 Å². The number of nitrogens with zero attached hydrogens (tertiary/aromatic N) is 3. The van der Waals surface area contributed by atoms with Gasteiger partial charge in [0.1, 0.15) is 5.82 Å². The summed E-state index contributed by atoms with van der Waals surface area (Å²) in [7, 11) is 0. The topological polar surface area (TPSA) is 45.4 Å². The molecule has 0 aliphatic carbocycles. The monoisotopic (exact) mass is 286 g/mol. The molecule has 0 unspecified atom stereocenters. The number of pyridine rings is 1. The molecule has 0 spiro atoms. The molecule has 1 fully saturated rings. The summed E-state index contributed by atoms with van der Waals surface area (Å²) in [5.41, 5.74) is 8.33. The molecule has 1 aromatic heterocycles. The van der Waals surface area contributed by atoms with Gasteiger partial charge >= 0.3 is 0 Å². The minimum atomic E-state index is -0.167. The standard InChI is InChI=1S/C16H19FN4/c1-12-6-7-14(18)16(19-12)21-10-8-20(9-11-21)15-5-3-2-4-13(15)17/h2-7H,8-11,18H2,1H3. The Hall–Kier alpha value is -2.30. The molecule has 0 atom stereocenters. The van der Waals surface area contributed by atoms with E-state index in [9.17, 15) is 4.39 Å². The first-order valence-electron chi connectivity index (χ1n) is 7.13. The zero-order chi connectivity index (χ0) is 14.8. The molecule has 5 heteroatoms. The molecule has 3 rings (SSSR count). The van der Waals surface area contributed by atoms with Gasteiger partial charge in [-0.1, -0.05) is 12.1 Å². The fourth-order valence-corrected chi connectivity index (χ4v) is 2.67. The van der Waals surface area contributed by atoms with Crippen molar-refractivity contribution in [3.8, 4) is 0 Å². The van der Waals surface area contributed by atoms with Crippen LogP contribution in [0.15, 0.2) is 36.4 Å². The van der Waals surface area contributed by atoms with E-state index in [0.29, 0.717) is 11.4 Å². The van der Waals surface area contributed by atoms with Crippen molar-refractivity contribution < 1.29 is 4.39 Å². The number of nitrogens with two attached hydrogens (primary N) is 1. The number of benzene rings is 1. The number of halogens is 1. The van der Waals surface area contributed by atoms with Crippen LogP contribution in [0.1, 0.15) is 5.69 Å². The van der Waals surface area contributed by atoms with Crippen LogP contribution in [-0.4, -0.2) is 31.2 Å². The number of para-hydroxylation sites is 1. The van der Waals surface area contributed by atoms with Crippen molar-refractivity contribution in [2.45, 2.75) is 6.92 Å². The van der Waals surface area contributed by atoms with Crippen molar-refractivity contribution in [3.05, 3.63) is 47.9 Å². The summed E-state index contributed by atoms with van der Waals surface area (Å²) in [5, 5.41) is 0. The van der Waals surface area contributed by atoms with Crippen molar-refractivity contribution in [3.63, 3.8) is 0 Å². The van der Waals surface area contributed by atoms with Gasteiger partial charge in [0.2, 0.25) is 0 Å². The molecule has 110 valence electrons. The Morgan fingerprint density at radius 2 is 1.67 bits per heavy atom. The number of piperazine rings is 1. The fraction of sp³-hybridized carbons (Fsp3) is 0.312. The van der Waals surface area contributed by atoms with E-state index in [1.165, 1.54) is 6.07 Å². The van der Waals surface area contributed by atoms with Gasteiger partial charge in [-0.3, -0.25) is 0 Å². The third-order valence-electron chi connectivity index (χ3n) is 3.82. The Labute approximate surface area is 124 Å². The zero-order valence-corrected chi connectivity index (χ0v) is 12.1. The van der Waals surface area contributed by atoms with Crippen LogP contribution in [0.3, 0.4) is 0 Å². The van der Waals surface area contributed by atoms with Crippen LogP contribution < -0.4 is 15.5 Å². The van der Waals surface area contributed by atoms with Crippen molar-refractivity contribution in [2.24, 2.45) is 0 Å². The van der Waals surface area contributed by atoms with Gasteiger partial charge in [0.05, 0.1) is 11.4 Å². The van der Waals surface area contributed by atoms with Gasteiger partial charge in [-0.25, -0.2) is 9.37 Å². The molecule has 0 amide bonds. The van der Waals surface area contributed by atoms with Crippen molar-refractivity contribution in [2.75, 3.05) is 41.7 Å². The fourth-order valence-electron chi connectivity index (χ4n) is 2.67. The van der Waals surface area contributed by atoms with Gasteiger partial charge in [0.15, 0.2) is 5.82 Å². The molecular formula is C16H19FN4. The maximum Gasteiger partial charge on any atom is 0.152 e. The third kappa shape index (κ3) is 2.77. The first-order chi connectivity index (χ1) is 10.1. The highest BCUT2D eigenvalue weighted by Gasteiger charge is 2.21. The molecule has 4 nitrogen and oxygen atoms in total. The molecule has 21 heavy (non-hydrogen) atoms. The van der Waals surface area contributed by atoms with E-state index in [-0.39, 0.29) is 5.82 Å². The Kier molecular flexibility index (Phi) is 3.64. The third-order valence-corrected chi connectivity index (χ3v) is 3.82. The molecule has 1 aromatic carbocycles. The first-order valence-corrected chi connectivity index (χ1v) is 7.13. The molecule has 2 aromatic rings. The molecule has 0 bridgehead atoms. The second-order valence-electron chi connectivity index (χ2n) is 5.29. The number of aromatic nitrogens is 1. The minimum Gasteiger partial charge on any atom is -0.396 e. The van der Waals surface area contributed by atoms with Crippen LogP contribution in [0.2, 0.25) is 0 Å². The summed E-state index contributed by atoms with van der Waals surface area (Å²) in [6, 6.07) is 10.7. The molecular weight excluding hydrogens is 267 g/mol. The highest BCUT2D eigenvalue weighted by molar-refractivity contribution is 5.63. The Morgan fingerprint density at radius 3 is 2.38 bits per heavy atom. The van der Waals surface area contributed by atoms with Gasteiger partial charge in [-0.15, -0.1) is 0 Å². The number of hydrogen-bond acceptors (Lipinski definition) is 4. The summed E-state index contributed by atoms with van der Waals surface area (Å²) in [5.74, 6) is 0.669. The van der Waals surface area contributed by atoms with Crippen molar-refractivity contribution in [1.29, 1.82) is 0 Å². The molecule has 1 saturated heterocycles. The summed E-state index contributed by atoms with van der Waals surface area (Å²) in [4.78, 5) is 8.75. The lowest BCUT2D eigenvalue weighted by Crippen LogP contribution is -2.47. The quantitative estimate of drug-likeness (QED) is 0.921. The van der Waals surface area contributed by atoms with Gasteiger partial charge in [-0.2, -0.15) is 0 Å². The summed E-state index contributed by atoms with van der Waals surface area (Å²) < 4.78 is 13.8. The molecule has 1 aliphatic rings. The van der Waals surface area contributed by atoms with Crippen LogP contribution in [0.4, 0.5) is 21.6 Å². The largest absolute Gasteiger partial charge is 0.396 e. The predicted octanol–water partition coefficient (Wildman–Crippen LogP) is 2.44. The average Bonchev–Trinajstić information content (AvgIpc) is 2.50. The highest BCUT2D eigenvalue weighted by atomic mass is 19.1. The average molecular weight is 286 g/mol. The Balaban J connectivity index is 1.73. The number of nitrogen functional groups attached to an aromatic ring is 1. The highest BCUT2D eigenvalue weighted by Crippen LogP contribution is 2.25. The summed E-state index contributed by atoms with van der Waals surface area (Å²) >= 11 is 0. The van der Waals surface area contributed by atoms with E-state index >= 15 is 0 Å². The van der Waals surface area contributed by atoms with E-state index in [2.05, 4.69) is 14.8 Å². The molecule has 2 N–H and O–H groups in total. The van der Waals surface area contributed by atoms with Crippen LogP contribution in [0, 0.1) is 12.7 Å². The van der Waals surface area contributed by atoms with Crippen LogP contribution in [-0.2, 0) is 0 Å². The van der Waals surface area contributed by atoms with E-state index < -0.39 is 0 Å². The van der Waals surface area contributed by atoms with Crippen LogP contribution in [0.25, 0.3) is 0 Å². The molecule has 2 heterocycles. The number of hydrogen-bond donors (Lipinski definition) is 1. The van der Waals surface area contributed by atoms with Gasteiger partial charge in [0, 0.05) is 31.9 Å². The Bertz CT molecular complexity index is 636. The smallest absolute Gasteiger partial charge is 0.152 e. The maximum atomic E-state index is 13.8. The summed E-state index contributed by atoms with van der Waals surface area (Å²) in [6.07, 6.45) is 0. The lowest BCUT2D eigenvalue weighted by Gasteiger charge is -2.37. The minimum absolute atomic E-state index is 0.167. The van der Waals surface area contributed by atoms with Gasteiger partial charge in [0.25, 0.3) is 0 Å². The lowest BCUT2D eigenvalue weighted by molar-refractivity contribution is 0.596. The first kappa shape index (κ1) is 13.7. The SMILES string of the molecule is Cc1ccc(N)c(N2CCN(c3ccccc3F)CC2)n1. The predicted molar refractivity (Wildman–Crippen MR) is 84.2 cm³/mol. The van der Waals surface area contributed by atoms with E-state index in [1.807, 2.05) is 31.2 Å². The second-order valence-corrected chi connectivity index (χ2v) is 5.29. The van der Waals surface area contributed by atoms with E-state index in [4.69, 9.17) is 5.73 Å². The van der Waals surface area contributed by atoms with Crippen LogP contribution >= 0.6 is 0 Å². The maximum absolute atomic E-state index is 13.8.